The summed E-state index contributed by atoms with van der Waals surface area (Å²) in [6, 6.07) is 39.2. The van der Waals surface area contributed by atoms with Crippen LogP contribution in [0.15, 0.2) is 125 Å². The summed E-state index contributed by atoms with van der Waals surface area (Å²) in [6.45, 7) is 0. The summed E-state index contributed by atoms with van der Waals surface area (Å²) in [5.74, 6) is 0. The van der Waals surface area contributed by atoms with Crippen LogP contribution >= 0.6 is 34.0 Å². The Morgan fingerprint density at radius 1 is 0.353 bits per heavy atom. The molecule has 0 aliphatic heterocycles. The summed E-state index contributed by atoms with van der Waals surface area (Å²) >= 11 is 5.34. The fourth-order valence-corrected chi connectivity index (χ4v) is 6.60. The second-order valence-corrected chi connectivity index (χ2v) is 10.7. The van der Waals surface area contributed by atoms with Gasteiger partial charge in [-0.1, -0.05) is 72.8 Å². The molecule has 0 saturated carbocycles. The highest BCUT2D eigenvalue weighted by Crippen LogP contribution is 2.48. The van der Waals surface area contributed by atoms with Crippen molar-refractivity contribution in [2.45, 2.75) is 0 Å². The van der Waals surface area contributed by atoms with Gasteiger partial charge in [-0.3, -0.25) is 0 Å². The first-order chi connectivity index (χ1) is 16.9. The van der Waals surface area contributed by atoms with E-state index in [4.69, 9.17) is 0 Å². The van der Waals surface area contributed by atoms with Gasteiger partial charge in [-0.05, 0) is 52.5 Å². The van der Waals surface area contributed by atoms with E-state index >= 15 is 0 Å². The first kappa shape index (κ1) is 21.1. The van der Waals surface area contributed by atoms with Crippen LogP contribution in [0.3, 0.4) is 0 Å². The molecule has 3 aromatic carbocycles. The Balaban J connectivity index is 1.66. The van der Waals surface area contributed by atoms with Gasteiger partial charge >= 0.3 is 0 Å². The lowest BCUT2D eigenvalue weighted by molar-refractivity contribution is 1.29. The lowest BCUT2D eigenvalue weighted by atomic mass is 10.0. The Bertz CT molecular complexity index is 1310. The number of hydrogen-bond donors (Lipinski definition) is 0. The first-order valence-corrected chi connectivity index (χ1v) is 13.7. The van der Waals surface area contributed by atoms with Crippen molar-refractivity contribution < 1.29 is 0 Å². The van der Waals surface area contributed by atoms with E-state index in [9.17, 15) is 0 Å². The minimum Gasteiger partial charge on any atom is -0.309 e. The summed E-state index contributed by atoms with van der Waals surface area (Å²) in [5, 5.41) is 6.45. The van der Waals surface area contributed by atoms with Crippen molar-refractivity contribution in [2.24, 2.45) is 0 Å². The van der Waals surface area contributed by atoms with E-state index < -0.39 is 0 Å². The van der Waals surface area contributed by atoms with Gasteiger partial charge in [0.25, 0.3) is 0 Å². The zero-order valence-electron chi connectivity index (χ0n) is 18.3. The van der Waals surface area contributed by atoms with Gasteiger partial charge in [0.15, 0.2) is 0 Å². The largest absolute Gasteiger partial charge is 0.309 e. The topological polar surface area (TPSA) is 3.24 Å². The third-order valence-electron chi connectivity index (χ3n) is 5.79. The van der Waals surface area contributed by atoms with Crippen molar-refractivity contribution in [2.75, 3.05) is 4.90 Å². The molecule has 0 unspecified atom stereocenters. The Kier molecular flexibility index (Phi) is 5.86. The van der Waals surface area contributed by atoms with Crippen LogP contribution in [0.5, 0.6) is 0 Å². The maximum Gasteiger partial charge on any atom is 0.0548 e. The standard InChI is InChI=1S/C30H21NS3/c1-4-13-25(22(10-1)28-16-7-19-32-28)31(26-14-5-2-11-23(26)29-17-8-20-33-29)27-15-6-3-12-24(27)30-18-9-21-34-30/h1-21H. The monoisotopic (exact) mass is 491 g/mol. The number of anilines is 3. The number of hydrogen-bond acceptors (Lipinski definition) is 4. The normalized spacial score (nSPS) is 10.9. The molecule has 6 rings (SSSR count). The summed E-state index contributed by atoms with van der Waals surface area (Å²) in [7, 11) is 0. The number of para-hydroxylation sites is 3. The van der Waals surface area contributed by atoms with Crippen molar-refractivity contribution in [3.63, 3.8) is 0 Å². The SMILES string of the molecule is c1csc(-c2ccccc2N(c2ccccc2-c2cccs2)c2ccccc2-c2cccs2)c1. The Hall–Kier alpha value is -3.44. The van der Waals surface area contributed by atoms with Gasteiger partial charge in [0.1, 0.15) is 0 Å². The third-order valence-corrected chi connectivity index (χ3v) is 8.50. The highest BCUT2D eigenvalue weighted by Gasteiger charge is 2.23. The molecule has 0 N–H and O–H groups in total. The molecule has 0 atom stereocenters. The van der Waals surface area contributed by atoms with E-state index in [1.807, 2.05) is 0 Å². The molecule has 34 heavy (non-hydrogen) atoms. The maximum atomic E-state index is 2.44. The highest BCUT2D eigenvalue weighted by molar-refractivity contribution is 7.14. The van der Waals surface area contributed by atoms with Gasteiger partial charge in [-0.15, -0.1) is 34.0 Å². The molecular formula is C30H21NS3. The van der Waals surface area contributed by atoms with Crippen LogP contribution < -0.4 is 4.90 Å². The summed E-state index contributed by atoms with van der Waals surface area (Å²) in [5.41, 5.74) is 7.24. The lowest BCUT2D eigenvalue weighted by Gasteiger charge is -2.30. The van der Waals surface area contributed by atoms with E-state index in [1.165, 1.54) is 48.4 Å². The highest BCUT2D eigenvalue weighted by atomic mass is 32.1. The van der Waals surface area contributed by atoms with Crippen molar-refractivity contribution in [3.05, 3.63) is 125 Å². The summed E-state index contributed by atoms with van der Waals surface area (Å²) < 4.78 is 0. The first-order valence-electron chi connectivity index (χ1n) is 11.1. The van der Waals surface area contributed by atoms with Crippen LogP contribution in [0.2, 0.25) is 0 Å². The molecular weight excluding hydrogens is 471 g/mol. The van der Waals surface area contributed by atoms with Crippen LogP contribution in [0.25, 0.3) is 31.3 Å². The summed E-state index contributed by atoms with van der Waals surface area (Å²) in [6.07, 6.45) is 0. The van der Waals surface area contributed by atoms with Gasteiger partial charge < -0.3 is 4.90 Å². The molecule has 3 heterocycles. The molecule has 1 nitrogen and oxygen atoms in total. The van der Waals surface area contributed by atoms with Crippen molar-refractivity contribution in [1.82, 2.24) is 0 Å². The van der Waals surface area contributed by atoms with Gasteiger partial charge in [0.2, 0.25) is 0 Å². The van der Waals surface area contributed by atoms with E-state index in [0.29, 0.717) is 0 Å². The third kappa shape index (κ3) is 3.90. The van der Waals surface area contributed by atoms with E-state index in [0.717, 1.165) is 0 Å². The van der Waals surface area contributed by atoms with Gasteiger partial charge in [0, 0.05) is 31.3 Å². The van der Waals surface area contributed by atoms with E-state index in [1.54, 1.807) is 34.0 Å². The van der Waals surface area contributed by atoms with Crippen LogP contribution in [-0.2, 0) is 0 Å². The molecule has 164 valence electrons. The smallest absolute Gasteiger partial charge is 0.0548 e. The number of nitrogens with zero attached hydrogens (tertiary/aromatic N) is 1. The molecule has 6 aromatic rings. The molecule has 0 bridgehead atoms. The minimum atomic E-state index is 1.18. The van der Waals surface area contributed by atoms with Crippen LogP contribution in [0, 0.1) is 0 Å². The van der Waals surface area contributed by atoms with Crippen molar-refractivity contribution in [1.29, 1.82) is 0 Å². The molecule has 0 amide bonds. The lowest BCUT2D eigenvalue weighted by Crippen LogP contribution is -2.13. The molecule has 3 aromatic heterocycles. The van der Waals surface area contributed by atoms with Gasteiger partial charge in [-0.25, -0.2) is 0 Å². The molecule has 0 aliphatic rings. The minimum absolute atomic E-state index is 1.18. The predicted molar refractivity (Wildman–Crippen MR) is 151 cm³/mol. The Morgan fingerprint density at radius 3 is 0.971 bits per heavy atom. The van der Waals surface area contributed by atoms with E-state index in [-0.39, 0.29) is 0 Å². The fraction of sp³-hybridized carbons (Fsp3) is 0. The Labute approximate surface area is 211 Å². The average molecular weight is 492 g/mol. The Morgan fingerprint density at radius 2 is 0.676 bits per heavy atom. The van der Waals surface area contributed by atoms with Gasteiger partial charge in [0.05, 0.1) is 17.1 Å². The van der Waals surface area contributed by atoms with Crippen LogP contribution in [0.1, 0.15) is 0 Å². The second-order valence-electron chi connectivity index (χ2n) is 7.82. The van der Waals surface area contributed by atoms with E-state index in [2.05, 4.69) is 130 Å². The average Bonchev–Trinajstić information content (AvgIpc) is 3.69. The number of thiophene rings is 3. The zero-order chi connectivity index (χ0) is 22.7. The van der Waals surface area contributed by atoms with Crippen molar-refractivity contribution in [3.8, 4) is 31.3 Å². The van der Waals surface area contributed by atoms with Crippen LogP contribution in [0.4, 0.5) is 17.1 Å². The molecule has 0 spiro atoms. The molecule has 0 fully saturated rings. The fourth-order valence-electron chi connectivity index (χ4n) is 4.32. The summed E-state index contributed by atoms with van der Waals surface area (Å²) in [4.78, 5) is 6.24. The second kappa shape index (κ2) is 9.43. The van der Waals surface area contributed by atoms with Crippen LogP contribution in [-0.4, -0.2) is 0 Å². The molecule has 0 radical (unpaired) electrons. The van der Waals surface area contributed by atoms with Crippen molar-refractivity contribution >= 4 is 51.1 Å². The van der Waals surface area contributed by atoms with Gasteiger partial charge in [-0.2, -0.15) is 0 Å². The number of rotatable bonds is 6. The zero-order valence-corrected chi connectivity index (χ0v) is 20.7. The molecule has 4 heteroatoms. The maximum absolute atomic E-state index is 2.44. The predicted octanol–water partition coefficient (Wildman–Crippen LogP) is 10.3. The quantitative estimate of drug-likeness (QED) is 0.224. The number of benzene rings is 3. The molecule has 0 aliphatic carbocycles. The molecule has 0 saturated heterocycles.